The zero-order valence-corrected chi connectivity index (χ0v) is 15.0. The first-order valence-electron chi connectivity index (χ1n) is 9.24. The van der Waals surface area contributed by atoms with Crippen LogP contribution in [-0.2, 0) is 6.42 Å². The molecular formula is C21H23N3O2. The van der Waals surface area contributed by atoms with Crippen molar-refractivity contribution in [2.24, 2.45) is 5.92 Å². The molecule has 0 saturated carbocycles. The SMILES string of the molecule is Cc1ncoc1C(=O)N1CCCC(Cc2cccc3cccnc23)CC1. The molecule has 0 bridgehead atoms. The predicted octanol–water partition coefficient (Wildman–Crippen LogP) is 4.02. The molecule has 2 aromatic heterocycles. The Bertz CT molecular complexity index is 913. The number of pyridine rings is 1. The molecule has 0 aliphatic carbocycles. The number of aromatic nitrogens is 2. The Labute approximate surface area is 153 Å². The van der Waals surface area contributed by atoms with E-state index in [1.807, 2.05) is 24.1 Å². The molecule has 134 valence electrons. The second-order valence-electron chi connectivity index (χ2n) is 7.05. The van der Waals surface area contributed by atoms with E-state index in [1.165, 1.54) is 17.3 Å². The van der Waals surface area contributed by atoms with Crippen LogP contribution in [0.3, 0.4) is 0 Å². The van der Waals surface area contributed by atoms with Crippen molar-refractivity contribution in [3.05, 3.63) is 59.9 Å². The number of fused-ring (bicyclic) bond motifs is 1. The smallest absolute Gasteiger partial charge is 0.291 e. The van der Waals surface area contributed by atoms with Crippen molar-refractivity contribution < 1.29 is 9.21 Å². The Morgan fingerprint density at radius 1 is 1.19 bits per heavy atom. The van der Waals surface area contributed by atoms with Gasteiger partial charge in [-0.15, -0.1) is 0 Å². The van der Waals surface area contributed by atoms with Gasteiger partial charge in [-0.1, -0.05) is 24.3 Å². The van der Waals surface area contributed by atoms with E-state index in [9.17, 15) is 4.79 Å². The van der Waals surface area contributed by atoms with Crippen LogP contribution >= 0.6 is 0 Å². The van der Waals surface area contributed by atoms with Gasteiger partial charge in [0.25, 0.3) is 5.91 Å². The summed E-state index contributed by atoms with van der Waals surface area (Å²) in [6.45, 7) is 3.36. The van der Waals surface area contributed by atoms with Crippen molar-refractivity contribution in [2.75, 3.05) is 13.1 Å². The highest BCUT2D eigenvalue weighted by molar-refractivity contribution is 5.92. The van der Waals surface area contributed by atoms with E-state index in [2.05, 4.69) is 34.2 Å². The van der Waals surface area contributed by atoms with E-state index < -0.39 is 0 Å². The molecule has 1 aromatic carbocycles. The van der Waals surface area contributed by atoms with Crippen LogP contribution in [0.25, 0.3) is 10.9 Å². The highest BCUT2D eigenvalue weighted by Gasteiger charge is 2.25. The van der Waals surface area contributed by atoms with Gasteiger partial charge in [0.05, 0.1) is 11.2 Å². The number of benzene rings is 1. The normalized spacial score (nSPS) is 18.0. The number of carbonyl (C=O) groups excluding carboxylic acids is 1. The maximum atomic E-state index is 12.7. The average Bonchev–Trinajstić information content (AvgIpc) is 2.95. The molecule has 0 N–H and O–H groups in total. The molecule has 1 aliphatic heterocycles. The van der Waals surface area contributed by atoms with Gasteiger partial charge in [0, 0.05) is 24.7 Å². The van der Waals surface area contributed by atoms with Gasteiger partial charge in [0.1, 0.15) is 0 Å². The molecule has 1 amide bonds. The van der Waals surface area contributed by atoms with Crippen molar-refractivity contribution in [3.63, 3.8) is 0 Å². The minimum absolute atomic E-state index is 0.0347. The number of hydrogen-bond acceptors (Lipinski definition) is 4. The Balaban J connectivity index is 1.45. The van der Waals surface area contributed by atoms with E-state index in [1.54, 1.807) is 0 Å². The third kappa shape index (κ3) is 3.34. The number of oxazole rings is 1. The lowest BCUT2D eigenvalue weighted by atomic mass is 9.91. The number of carbonyl (C=O) groups is 1. The lowest BCUT2D eigenvalue weighted by molar-refractivity contribution is 0.0727. The second kappa shape index (κ2) is 7.28. The molecule has 1 saturated heterocycles. The molecule has 26 heavy (non-hydrogen) atoms. The minimum Gasteiger partial charge on any atom is -0.438 e. The summed E-state index contributed by atoms with van der Waals surface area (Å²) in [5.74, 6) is 0.908. The predicted molar refractivity (Wildman–Crippen MR) is 99.9 cm³/mol. The summed E-state index contributed by atoms with van der Waals surface area (Å²) in [4.78, 5) is 23.2. The van der Waals surface area contributed by atoms with Crippen LogP contribution in [0.15, 0.2) is 47.3 Å². The molecule has 3 aromatic rings. The van der Waals surface area contributed by atoms with Gasteiger partial charge in [0.2, 0.25) is 5.76 Å². The van der Waals surface area contributed by atoms with Crippen molar-refractivity contribution in [1.82, 2.24) is 14.9 Å². The molecule has 1 atom stereocenters. The fourth-order valence-corrected chi connectivity index (χ4v) is 3.87. The standard InChI is InChI=1S/C21H23N3O2/c1-15-20(26-14-23-15)21(25)24-11-4-5-16(9-12-24)13-18-7-2-6-17-8-3-10-22-19(17)18/h2-3,6-8,10,14,16H,4-5,9,11-13H2,1H3. The van der Waals surface area contributed by atoms with Gasteiger partial charge in [-0.25, -0.2) is 4.98 Å². The molecule has 5 heteroatoms. The second-order valence-corrected chi connectivity index (χ2v) is 7.05. The van der Waals surface area contributed by atoms with Gasteiger partial charge in [-0.3, -0.25) is 9.78 Å². The highest BCUT2D eigenvalue weighted by atomic mass is 16.3. The van der Waals surface area contributed by atoms with Gasteiger partial charge in [-0.05, 0) is 50.2 Å². The summed E-state index contributed by atoms with van der Waals surface area (Å²) in [5, 5.41) is 1.19. The maximum absolute atomic E-state index is 12.7. The largest absolute Gasteiger partial charge is 0.438 e. The monoisotopic (exact) mass is 349 g/mol. The van der Waals surface area contributed by atoms with Crippen molar-refractivity contribution in [2.45, 2.75) is 32.6 Å². The number of aryl methyl sites for hydroxylation is 1. The van der Waals surface area contributed by atoms with Gasteiger partial charge < -0.3 is 9.32 Å². The van der Waals surface area contributed by atoms with Crippen LogP contribution < -0.4 is 0 Å². The van der Waals surface area contributed by atoms with Gasteiger partial charge in [0.15, 0.2) is 6.39 Å². The third-order valence-electron chi connectivity index (χ3n) is 5.30. The fraction of sp³-hybridized carbons (Fsp3) is 0.381. The molecule has 3 heterocycles. The first kappa shape index (κ1) is 16.8. The average molecular weight is 349 g/mol. The van der Waals surface area contributed by atoms with Gasteiger partial charge in [-0.2, -0.15) is 0 Å². The number of nitrogens with zero attached hydrogens (tertiary/aromatic N) is 3. The molecule has 5 nitrogen and oxygen atoms in total. The maximum Gasteiger partial charge on any atom is 0.291 e. The number of para-hydroxylation sites is 1. The van der Waals surface area contributed by atoms with Crippen LogP contribution in [0.1, 0.15) is 41.1 Å². The first-order chi connectivity index (χ1) is 12.7. The molecule has 1 fully saturated rings. The van der Waals surface area contributed by atoms with E-state index in [0.29, 0.717) is 17.4 Å². The van der Waals surface area contributed by atoms with Crippen molar-refractivity contribution in [1.29, 1.82) is 0 Å². The molecule has 1 aliphatic rings. The van der Waals surface area contributed by atoms with Crippen LogP contribution in [0.2, 0.25) is 0 Å². The van der Waals surface area contributed by atoms with Crippen LogP contribution in [0, 0.1) is 12.8 Å². The quantitative estimate of drug-likeness (QED) is 0.717. The summed E-state index contributed by atoms with van der Waals surface area (Å²) in [7, 11) is 0. The molecular weight excluding hydrogens is 326 g/mol. The Kier molecular flexibility index (Phi) is 4.69. The van der Waals surface area contributed by atoms with Crippen molar-refractivity contribution in [3.8, 4) is 0 Å². The minimum atomic E-state index is -0.0347. The first-order valence-corrected chi connectivity index (χ1v) is 9.24. The van der Waals surface area contributed by atoms with Crippen LogP contribution in [0.4, 0.5) is 0 Å². The zero-order valence-electron chi connectivity index (χ0n) is 15.0. The Hall–Kier alpha value is -2.69. The lowest BCUT2D eigenvalue weighted by Crippen LogP contribution is -2.32. The summed E-state index contributed by atoms with van der Waals surface area (Å²) in [5.41, 5.74) is 3.07. The summed E-state index contributed by atoms with van der Waals surface area (Å²) < 4.78 is 5.28. The number of amides is 1. The van der Waals surface area contributed by atoms with Crippen LogP contribution in [0.5, 0.6) is 0 Å². The fourth-order valence-electron chi connectivity index (χ4n) is 3.87. The summed E-state index contributed by atoms with van der Waals surface area (Å²) >= 11 is 0. The van der Waals surface area contributed by atoms with E-state index in [4.69, 9.17) is 4.42 Å². The number of rotatable bonds is 3. The summed E-state index contributed by atoms with van der Waals surface area (Å²) in [6, 6.07) is 10.5. The molecule has 1 unspecified atom stereocenters. The number of likely N-dealkylation sites (tertiary alicyclic amines) is 1. The lowest BCUT2D eigenvalue weighted by Gasteiger charge is -2.19. The molecule has 4 rings (SSSR count). The van der Waals surface area contributed by atoms with E-state index in [0.717, 1.165) is 44.3 Å². The topological polar surface area (TPSA) is 59.2 Å². The zero-order chi connectivity index (χ0) is 17.9. The van der Waals surface area contributed by atoms with E-state index >= 15 is 0 Å². The van der Waals surface area contributed by atoms with E-state index in [-0.39, 0.29) is 5.91 Å². The van der Waals surface area contributed by atoms with Crippen LogP contribution in [-0.4, -0.2) is 33.9 Å². The Morgan fingerprint density at radius 3 is 2.92 bits per heavy atom. The Morgan fingerprint density at radius 2 is 2.08 bits per heavy atom. The van der Waals surface area contributed by atoms with Gasteiger partial charge >= 0.3 is 0 Å². The van der Waals surface area contributed by atoms with Crippen molar-refractivity contribution >= 4 is 16.8 Å². The number of hydrogen-bond donors (Lipinski definition) is 0. The third-order valence-corrected chi connectivity index (χ3v) is 5.30. The highest BCUT2D eigenvalue weighted by Crippen LogP contribution is 2.26. The summed E-state index contributed by atoms with van der Waals surface area (Å²) in [6.07, 6.45) is 7.36. The molecule has 0 spiro atoms. The molecule has 0 radical (unpaired) electrons.